The minimum Gasteiger partial charge on any atom is -0.366 e. The van der Waals surface area contributed by atoms with Crippen molar-refractivity contribution >= 4 is 5.69 Å². The molecule has 23 heavy (non-hydrogen) atoms. The predicted octanol–water partition coefficient (Wildman–Crippen LogP) is 2.99. The van der Waals surface area contributed by atoms with E-state index in [1.807, 2.05) is 12.3 Å². The van der Waals surface area contributed by atoms with E-state index >= 15 is 0 Å². The van der Waals surface area contributed by atoms with E-state index in [9.17, 15) is 4.39 Å². The van der Waals surface area contributed by atoms with Crippen LogP contribution in [0.2, 0.25) is 0 Å². The van der Waals surface area contributed by atoms with Crippen LogP contribution in [0.3, 0.4) is 0 Å². The number of benzene rings is 1. The predicted molar refractivity (Wildman–Crippen MR) is 91.2 cm³/mol. The van der Waals surface area contributed by atoms with Crippen molar-refractivity contribution in [3.63, 3.8) is 0 Å². The molecule has 1 aromatic carbocycles. The smallest absolute Gasteiger partial charge is 0.134 e. The average Bonchev–Trinajstić information content (AvgIpc) is 2.55. The number of aromatic nitrogens is 2. The summed E-state index contributed by atoms with van der Waals surface area (Å²) >= 11 is 0. The Balaban J connectivity index is 2.14. The van der Waals surface area contributed by atoms with E-state index in [1.54, 1.807) is 12.1 Å². The van der Waals surface area contributed by atoms with Crippen LogP contribution in [-0.4, -0.2) is 36.1 Å². The van der Waals surface area contributed by atoms with Gasteiger partial charge in [-0.1, -0.05) is 32.9 Å². The van der Waals surface area contributed by atoms with Crippen LogP contribution in [0, 0.1) is 5.82 Å². The highest BCUT2D eigenvalue weighted by atomic mass is 19.1. The Morgan fingerprint density at radius 3 is 2.48 bits per heavy atom. The van der Waals surface area contributed by atoms with Crippen molar-refractivity contribution in [2.75, 3.05) is 31.1 Å². The largest absolute Gasteiger partial charge is 0.366 e. The topological polar surface area (TPSA) is 41.1 Å². The highest BCUT2D eigenvalue weighted by molar-refractivity contribution is 5.75. The lowest BCUT2D eigenvalue weighted by Crippen LogP contribution is -2.44. The van der Waals surface area contributed by atoms with Crippen molar-refractivity contribution in [1.82, 2.24) is 15.3 Å². The van der Waals surface area contributed by atoms with E-state index in [1.165, 1.54) is 6.07 Å². The van der Waals surface area contributed by atoms with Gasteiger partial charge in [0.15, 0.2) is 0 Å². The van der Waals surface area contributed by atoms with Gasteiger partial charge in [-0.15, -0.1) is 0 Å². The van der Waals surface area contributed by atoms with E-state index in [-0.39, 0.29) is 11.2 Å². The molecule has 0 bridgehead atoms. The lowest BCUT2D eigenvalue weighted by molar-refractivity contribution is 0.543. The van der Waals surface area contributed by atoms with Gasteiger partial charge >= 0.3 is 0 Å². The molecule has 122 valence electrons. The standard InChI is InChI=1S/C18H23FN4/c1-18(2,3)17-21-12-15(23-10-8-20-9-11-23)16(22-17)13-6-4-5-7-14(13)19/h4-7,12,20H,8-11H2,1-3H3. The van der Waals surface area contributed by atoms with Crippen molar-refractivity contribution in [3.05, 3.63) is 42.1 Å². The molecule has 1 saturated heterocycles. The molecule has 0 unspecified atom stereocenters. The molecule has 2 aromatic rings. The average molecular weight is 314 g/mol. The zero-order chi connectivity index (χ0) is 16.4. The zero-order valence-corrected chi connectivity index (χ0v) is 13.9. The maximum Gasteiger partial charge on any atom is 0.134 e. The van der Waals surface area contributed by atoms with Gasteiger partial charge in [0.25, 0.3) is 0 Å². The number of nitrogens with one attached hydrogen (secondary N) is 1. The third-order valence-corrected chi connectivity index (χ3v) is 4.03. The lowest BCUT2D eigenvalue weighted by atomic mass is 9.95. The van der Waals surface area contributed by atoms with E-state index in [4.69, 9.17) is 4.98 Å². The van der Waals surface area contributed by atoms with Gasteiger partial charge in [-0.2, -0.15) is 0 Å². The maximum atomic E-state index is 14.4. The number of halogens is 1. The van der Waals surface area contributed by atoms with Crippen molar-refractivity contribution in [2.45, 2.75) is 26.2 Å². The second-order valence-electron chi connectivity index (χ2n) is 6.89. The van der Waals surface area contributed by atoms with Gasteiger partial charge in [0, 0.05) is 37.2 Å². The van der Waals surface area contributed by atoms with Crippen LogP contribution in [0.1, 0.15) is 26.6 Å². The summed E-state index contributed by atoms with van der Waals surface area (Å²) in [5.41, 5.74) is 1.95. The molecule has 1 aromatic heterocycles. The van der Waals surface area contributed by atoms with E-state index < -0.39 is 0 Å². The molecule has 1 aliphatic heterocycles. The fourth-order valence-electron chi connectivity index (χ4n) is 2.73. The lowest BCUT2D eigenvalue weighted by Gasteiger charge is -2.31. The number of piperazine rings is 1. The minimum absolute atomic E-state index is 0.179. The number of anilines is 1. The summed E-state index contributed by atoms with van der Waals surface area (Å²) in [6.45, 7) is 9.78. The SMILES string of the molecule is CC(C)(C)c1ncc(N2CCNCC2)c(-c2ccccc2F)n1. The fourth-order valence-corrected chi connectivity index (χ4v) is 2.73. The summed E-state index contributed by atoms with van der Waals surface area (Å²) in [4.78, 5) is 11.5. The Kier molecular flexibility index (Phi) is 4.31. The molecule has 5 heteroatoms. The molecule has 0 amide bonds. The van der Waals surface area contributed by atoms with Crippen LogP contribution in [-0.2, 0) is 5.41 Å². The van der Waals surface area contributed by atoms with Crippen LogP contribution in [0.25, 0.3) is 11.3 Å². The molecule has 0 radical (unpaired) electrons. The maximum absolute atomic E-state index is 14.4. The van der Waals surface area contributed by atoms with Crippen molar-refractivity contribution in [1.29, 1.82) is 0 Å². The Bertz CT molecular complexity index is 688. The number of nitrogens with zero attached hydrogens (tertiary/aromatic N) is 3. The first-order chi connectivity index (χ1) is 11.0. The fraction of sp³-hybridized carbons (Fsp3) is 0.444. The van der Waals surface area contributed by atoms with Crippen molar-refractivity contribution in [2.24, 2.45) is 0 Å². The van der Waals surface area contributed by atoms with Gasteiger partial charge in [0.05, 0.1) is 11.9 Å². The highest BCUT2D eigenvalue weighted by Crippen LogP contribution is 2.32. The third-order valence-electron chi connectivity index (χ3n) is 4.03. The molecule has 2 heterocycles. The van der Waals surface area contributed by atoms with Crippen LogP contribution in [0.15, 0.2) is 30.5 Å². The van der Waals surface area contributed by atoms with Crippen molar-refractivity contribution in [3.8, 4) is 11.3 Å². The van der Waals surface area contributed by atoms with Crippen molar-refractivity contribution < 1.29 is 4.39 Å². The Morgan fingerprint density at radius 2 is 1.83 bits per heavy atom. The molecular formula is C18H23FN4. The Hall–Kier alpha value is -2.01. The molecule has 0 spiro atoms. The normalized spacial score (nSPS) is 15.7. The van der Waals surface area contributed by atoms with Crippen LogP contribution >= 0.6 is 0 Å². The van der Waals surface area contributed by atoms with Crippen LogP contribution in [0.5, 0.6) is 0 Å². The molecule has 0 atom stereocenters. The van der Waals surface area contributed by atoms with Gasteiger partial charge in [-0.05, 0) is 12.1 Å². The first kappa shape index (κ1) is 15.9. The second-order valence-corrected chi connectivity index (χ2v) is 6.89. The first-order valence-electron chi connectivity index (χ1n) is 8.05. The molecule has 0 aliphatic carbocycles. The van der Waals surface area contributed by atoms with Gasteiger partial charge in [0.2, 0.25) is 0 Å². The monoisotopic (exact) mass is 314 g/mol. The quantitative estimate of drug-likeness (QED) is 0.925. The van der Waals surface area contributed by atoms with Gasteiger partial charge in [-0.3, -0.25) is 0 Å². The number of hydrogen-bond acceptors (Lipinski definition) is 4. The molecule has 1 fully saturated rings. The summed E-state index contributed by atoms with van der Waals surface area (Å²) in [7, 11) is 0. The van der Waals surface area contributed by atoms with Crippen LogP contribution < -0.4 is 10.2 Å². The Labute approximate surface area is 136 Å². The van der Waals surface area contributed by atoms with E-state index in [0.29, 0.717) is 11.3 Å². The van der Waals surface area contributed by atoms with Gasteiger partial charge in [0.1, 0.15) is 17.3 Å². The highest BCUT2D eigenvalue weighted by Gasteiger charge is 2.23. The molecule has 1 N–H and O–H groups in total. The van der Waals surface area contributed by atoms with Gasteiger partial charge < -0.3 is 10.2 Å². The Morgan fingerprint density at radius 1 is 1.13 bits per heavy atom. The summed E-state index contributed by atoms with van der Waals surface area (Å²) in [6, 6.07) is 6.82. The second kappa shape index (κ2) is 6.24. The number of hydrogen-bond donors (Lipinski definition) is 1. The molecule has 4 nitrogen and oxygen atoms in total. The molecular weight excluding hydrogens is 291 g/mol. The summed E-state index contributed by atoms with van der Waals surface area (Å²) < 4.78 is 14.4. The zero-order valence-electron chi connectivity index (χ0n) is 13.9. The summed E-state index contributed by atoms with van der Waals surface area (Å²) in [5, 5.41) is 3.33. The number of rotatable bonds is 2. The minimum atomic E-state index is -0.248. The molecule has 0 saturated carbocycles. The summed E-state index contributed by atoms with van der Waals surface area (Å²) in [6.07, 6.45) is 1.85. The molecule has 3 rings (SSSR count). The first-order valence-corrected chi connectivity index (χ1v) is 8.05. The van der Waals surface area contributed by atoms with Gasteiger partial charge in [-0.25, -0.2) is 14.4 Å². The molecule has 1 aliphatic rings. The summed E-state index contributed by atoms with van der Waals surface area (Å²) in [5.74, 6) is 0.483. The van der Waals surface area contributed by atoms with E-state index in [2.05, 4.69) is 36.0 Å². The van der Waals surface area contributed by atoms with Crippen LogP contribution in [0.4, 0.5) is 10.1 Å². The third kappa shape index (κ3) is 3.34. The van der Waals surface area contributed by atoms with E-state index in [0.717, 1.165) is 37.7 Å².